The van der Waals surface area contributed by atoms with Crippen molar-refractivity contribution in [1.29, 1.82) is 0 Å². The Balaban J connectivity index is 2.23. The molecule has 6 heteroatoms. The molecule has 0 unspecified atom stereocenters. The zero-order valence-electron chi connectivity index (χ0n) is 13.7. The van der Waals surface area contributed by atoms with Gasteiger partial charge in [0.1, 0.15) is 0 Å². The molecule has 1 heterocycles. The van der Waals surface area contributed by atoms with E-state index >= 15 is 0 Å². The van der Waals surface area contributed by atoms with E-state index in [2.05, 4.69) is 15.5 Å². The van der Waals surface area contributed by atoms with Crippen LogP contribution in [-0.2, 0) is 9.59 Å². The summed E-state index contributed by atoms with van der Waals surface area (Å²) in [5.74, 6) is 0.461. The number of nitrogens with two attached hydrogens (primary N) is 1. The van der Waals surface area contributed by atoms with Gasteiger partial charge in [-0.15, -0.1) is 0 Å². The van der Waals surface area contributed by atoms with E-state index in [0.717, 1.165) is 25.9 Å². The summed E-state index contributed by atoms with van der Waals surface area (Å²) in [6, 6.07) is -0.453. The van der Waals surface area contributed by atoms with Gasteiger partial charge in [-0.1, -0.05) is 0 Å². The number of nitrogens with one attached hydrogen (secondary N) is 2. The van der Waals surface area contributed by atoms with Gasteiger partial charge in [-0.05, 0) is 59.5 Å². The van der Waals surface area contributed by atoms with E-state index in [1.807, 2.05) is 20.8 Å². The molecular formula is C15H30N4O2. The van der Waals surface area contributed by atoms with E-state index in [1.54, 1.807) is 6.92 Å². The van der Waals surface area contributed by atoms with E-state index in [-0.39, 0.29) is 17.4 Å². The number of hydrogen-bond acceptors (Lipinski definition) is 4. The van der Waals surface area contributed by atoms with E-state index in [0.29, 0.717) is 19.0 Å². The van der Waals surface area contributed by atoms with Gasteiger partial charge in [0.2, 0.25) is 11.8 Å². The molecule has 122 valence electrons. The average molecular weight is 298 g/mol. The normalized spacial score (nSPS) is 19.1. The van der Waals surface area contributed by atoms with Crippen LogP contribution in [0.3, 0.4) is 0 Å². The first kappa shape index (κ1) is 17.9. The molecule has 0 aromatic rings. The van der Waals surface area contributed by atoms with Gasteiger partial charge < -0.3 is 16.4 Å². The number of amides is 2. The number of hydrogen-bond donors (Lipinski definition) is 3. The Kier molecular flexibility index (Phi) is 6.61. The summed E-state index contributed by atoms with van der Waals surface area (Å²) >= 11 is 0. The molecule has 1 rings (SSSR count). The minimum atomic E-state index is -0.453. The Morgan fingerprint density at radius 1 is 1.29 bits per heavy atom. The van der Waals surface area contributed by atoms with Gasteiger partial charge in [0, 0.05) is 12.1 Å². The first-order chi connectivity index (χ1) is 9.67. The minimum Gasteiger partial charge on any atom is -0.354 e. The van der Waals surface area contributed by atoms with Gasteiger partial charge in [-0.3, -0.25) is 14.5 Å². The fourth-order valence-electron chi connectivity index (χ4n) is 2.42. The highest BCUT2D eigenvalue weighted by molar-refractivity contribution is 5.81. The van der Waals surface area contributed by atoms with Crippen LogP contribution in [-0.4, -0.2) is 54.5 Å². The molecule has 0 aromatic heterocycles. The molecular weight excluding hydrogens is 268 g/mol. The quantitative estimate of drug-likeness (QED) is 0.670. The molecule has 1 atom stereocenters. The monoisotopic (exact) mass is 298 g/mol. The average Bonchev–Trinajstić information content (AvgIpc) is 2.35. The number of rotatable bonds is 5. The minimum absolute atomic E-state index is 0.0752. The van der Waals surface area contributed by atoms with Crippen LogP contribution in [0.4, 0.5) is 0 Å². The summed E-state index contributed by atoms with van der Waals surface area (Å²) in [4.78, 5) is 25.5. The van der Waals surface area contributed by atoms with Crippen molar-refractivity contribution in [3.63, 3.8) is 0 Å². The molecule has 0 saturated carbocycles. The van der Waals surface area contributed by atoms with Gasteiger partial charge in [0.05, 0.1) is 12.6 Å². The van der Waals surface area contributed by atoms with Crippen LogP contribution < -0.4 is 16.4 Å². The lowest BCUT2D eigenvalue weighted by Gasteiger charge is -2.32. The molecule has 21 heavy (non-hydrogen) atoms. The molecule has 2 amide bonds. The molecule has 1 fully saturated rings. The zero-order valence-corrected chi connectivity index (χ0v) is 13.7. The van der Waals surface area contributed by atoms with Crippen LogP contribution in [0.25, 0.3) is 0 Å². The highest BCUT2D eigenvalue weighted by atomic mass is 16.2. The molecule has 1 saturated heterocycles. The van der Waals surface area contributed by atoms with Gasteiger partial charge in [-0.2, -0.15) is 0 Å². The van der Waals surface area contributed by atoms with Gasteiger partial charge in [-0.25, -0.2) is 0 Å². The van der Waals surface area contributed by atoms with Crippen molar-refractivity contribution in [2.75, 3.05) is 26.2 Å². The highest BCUT2D eigenvalue weighted by Gasteiger charge is 2.23. The number of nitrogens with zero attached hydrogens (tertiary/aromatic N) is 1. The van der Waals surface area contributed by atoms with Gasteiger partial charge in [0.15, 0.2) is 0 Å². The first-order valence-corrected chi connectivity index (χ1v) is 7.74. The van der Waals surface area contributed by atoms with E-state index in [1.165, 1.54) is 0 Å². The fourth-order valence-corrected chi connectivity index (χ4v) is 2.42. The van der Waals surface area contributed by atoms with E-state index in [9.17, 15) is 9.59 Å². The predicted molar refractivity (Wildman–Crippen MR) is 83.7 cm³/mol. The Labute approximate surface area is 127 Å². The number of likely N-dealkylation sites (tertiary alicyclic amines) is 1. The van der Waals surface area contributed by atoms with Crippen LogP contribution in [0, 0.1) is 5.92 Å². The Hall–Kier alpha value is -1.14. The third-order valence-corrected chi connectivity index (χ3v) is 3.57. The van der Waals surface area contributed by atoms with Crippen LogP contribution in [0.2, 0.25) is 0 Å². The second-order valence-corrected chi connectivity index (χ2v) is 7.05. The van der Waals surface area contributed by atoms with Crippen molar-refractivity contribution in [2.24, 2.45) is 11.7 Å². The lowest BCUT2D eigenvalue weighted by molar-refractivity contribution is -0.124. The number of piperidine rings is 1. The SMILES string of the molecule is C[C@@H](N)C(=O)NCC1CCN(CC(=O)NC(C)(C)C)CC1. The molecule has 0 radical (unpaired) electrons. The smallest absolute Gasteiger partial charge is 0.236 e. The highest BCUT2D eigenvalue weighted by Crippen LogP contribution is 2.16. The molecule has 0 bridgehead atoms. The maximum Gasteiger partial charge on any atom is 0.236 e. The van der Waals surface area contributed by atoms with Crippen LogP contribution >= 0.6 is 0 Å². The largest absolute Gasteiger partial charge is 0.354 e. The zero-order chi connectivity index (χ0) is 16.0. The summed E-state index contributed by atoms with van der Waals surface area (Å²) in [6.07, 6.45) is 2.00. The molecule has 0 spiro atoms. The Morgan fingerprint density at radius 3 is 2.33 bits per heavy atom. The maximum absolute atomic E-state index is 11.9. The fraction of sp³-hybridized carbons (Fsp3) is 0.867. The lowest BCUT2D eigenvalue weighted by atomic mass is 9.96. The predicted octanol–water partition coefficient (Wildman–Crippen LogP) is 0.0765. The van der Waals surface area contributed by atoms with Gasteiger partial charge in [0.25, 0.3) is 0 Å². The van der Waals surface area contributed by atoms with E-state index in [4.69, 9.17) is 5.73 Å². The molecule has 0 aliphatic carbocycles. The maximum atomic E-state index is 11.9. The standard InChI is InChI=1S/C15H30N4O2/c1-11(16)14(21)17-9-12-5-7-19(8-6-12)10-13(20)18-15(2,3)4/h11-12H,5-10,16H2,1-4H3,(H,17,21)(H,18,20)/t11-/m1/s1. The van der Waals surface area contributed by atoms with Crippen molar-refractivity contribution in [3.8, 4) is 0 Å². The number of carbonyl (C=O) groups is 2. The van der Waals surface area contributed by atoms with Crippen molar-refractivity contribution in [3.05, 3.63) is 0 Å². The topological polar surface area (TPSA) is 87.5 Å². The van der Waals surface area contributed by atoms with Crippen molar-refractivity contribution in [2.45, 2.75) is 52.1 Å². The Bertz CT molecular complexity index is 355. The summed E-state index contributed by atoms with van der Waals surface area (Å²) < 4.78 is 0. The van der Waals surface area contributed by atoms with Crippen molar-refractivity contribution in [1.82, 2.24) is 15.5 Å². The van der Waals surface area contributed by atoms with Crippen LogP contribution in [0.5, 0.6) is 0 Å². The van der Waals surface area contributed by atoms with Crippen molar-refractivity contribution >= 4 is 11.8 Å². The first-order valence-electron chi connectivity index (χ1n) is 7.74. The summed E-state index contributed by atoms with van der Waals surface area (Å²) in [5.41, 5.74) is 5.33. The van der Waals surface area contributed by atoms with Crippen LogP contribution in [0.15, 0.2) is 0 Å². The molecule has 4 N–H and O–H groups in total. The van der Waals surface area contributed by atoms with Gasteiger partial charge >= 0.3 is 0 Å². The second kappa shape index (κ2) is 7.75. The molecule has 0 aromatic carbocycles. The summed E-state index contributed by atoms with van der Waals surface area (Å²) in [7, 11) is 0. The molecule has 1 aliphatic heterocycles. The molecule has 1 aliphatic rings. The van der Waals surface area contributed by atoms with E-state index < -0.39 is 6.04 Å². The van der Waals surface area contributed by atoms with Crippen LogP contribution in [0.1, 0.15) is 40.5 Å². The molecule has 6 nitrogen and oxygen atoms in total. The number of carbonyl (C=O) groups excluding carboxylic acids is 2. The Morgan fingerprint density at radius 2 is 1.86 bits per heavy atom. The summed E-state index contributed by atoms with van der Waals surface area (Å²) in [6.45, 7) is 10.6. The lowest BCUT2D eigenvalue weighted by Crippen LogP contribution is -2.48. The van der Waals surface area contributed by atoms with Crippen molar-refractivity contribution < 1.29 is 9.59 Å². The third-order valence-electron chi connectivity index (χ3n) is 3.57. The third kappa shape index (κ3) is 7.43. The second-order valence-electron chi connectivity index (χ2n) is 7.05. The summed E-state index contributed by atoms with van der Waals surface area (Å²) in [5, 5.41) is 5.86.